The standard InChI is InChI=1S/C12H17ClN2O/c1-8-5-11(6-14-12(8)13)15-9(2)10-3-4-16-7-10/h5-6,9-10,15H,3-4,7H2,1-2H3. The second-order valence-electron chi connectivity index (χ2n) is 4.39. The molecule has 0 spiro atoms. The van der Waals surface area contributed by atoms with Crippen LogP contribution in [0.15, 0.2) is 12.3 Å². The molecule has 1 fully saturated rings. The van der Waals surface area contributed by atoms with E-state index in [1.807, 2.05) is 13.0 Å². The van der Waals surface area contributed by atoms with Gasteiger partial charge in [-0.3, -0.25) is 0 Å². The normalized spacial score (nSPS) is 22.1. The highest BCUT2D eigenvalue weighted by molar-refractivity contribution is 6.30. The first-order valence-corrected chi connectivity index (χ1v) is 6.01. The SMILES string of the molecule is Cc1cc(NC(C)C2CCOC2)cnc1Cl. The third kappa shape index (κ3) is 2.66. The van der Waals surface area contributed by atoms with Crippen molar-refractivity contribution < 1.29 is 4.74 Å². The van der Waals surface area contributed by atoms with Crippen molar-refractivity contribution in [2.24, 2.45) is 5.92 Å². The molecule has 1 saturated heterocycles. The van der Waals surface area contributed by atoms with E-state index in [-0.39, 0.29) is 0 Å². The van der Waals surface area contributed by atoms with E-state index >= 15 is 0 Å². The van der Waals surface area contributed by atoms with Crippen molar-refractivity contribution in [1.82, 2.24) is 4.98 Å². The fourth-order valence-corrected chi connectivity index (χ4v) is 2.07. The molecule has 16 heavy (non-hydrogen) atoms. The summed E-state index contributed by atoms with van der Waals surface area (Å²) in [5.41, 5.74) is 2.03. The Morgan fingerprint density at radius 2 is 2.44 bits per heavy atom. The zero-order chi connectivity index (χ0) is 11.5. The lowest BCUT2D eigenvalue weighted by Gasteiger charge is -2.20. The van der Waals surface area contributed by atoms with Crippen LogP contribution in [0.5, 0.6) is 0 Å². The molecular formula is C12H17ClN2O. The van der Waals surface area contributed by atoms with Crippen LogP contribution in [-0.2, 0) is 4.74 Å². The third-order valence-corrected chi connectivity index (χ3v) is 3.48. The Labute approximate surface area is 101 Å². The molecule has 0 saturated carbocycles. The highest BCUT2D eigenvalue weighted by Gasteiger charge is 2.22. The summed E-state index contributed by atoms with van der Waals surface area (Å²) in [5, 5.41) is 4.02. The highest BCUT2D eigenvalue weighted by Crippen LogP contribution is 2.22. The fraction of sp³-hybridized carbons (Fsp3) is 0.583. The number of hydrogen-bond acceptors (Lipinski definition) is 3. The van der Waals surface area contributed by atoms with Crippen LogP contribution < -0.4 is 5.32 Å². The molecule has 2 atom stereocenters. The quantitative estimate of drug-likeness (QED) is 0.825. The van der Waals surface area contributed by atoms with Crippen molar-refractivity contribution in [2.75, 3.05) is 18.5 Å². The van der Waals surface area contributed by atoms with Crippen molar-refractivity contribution in [3.05, 3.63) is 23.0 Å². The van der Waals surface area contributed by atoms with Gasteiger partial charge in [0.2, 0.25) is 0 Å². The summed E-state index contributed by atoms with van der Waals surface area (Å²) in [6, 6.07) is 2.44. The maximum Gasteiger partial charge on any atom is 0.132 e. The molecule has 2 heterocycles. The average Bonchev–Trinajstić information content (AvgIpc) is 2.77. The Morgan fingerprint density at radius 1 is 1.62 bits per heavy atom. The molecule has 3 nitrogen and oxygen atoms in total. The highest BCUT2D eigenvalue weighted by atomic mass is 35.5. The summed E-state index contributed by atoms with van der Waals surface area (Å²) in [5.74, 6) is 0.594. The van der Waals surface area contributed by atoms with Crippen LogP contribution >= 0.6 is 11.6 Å². The summed E-state index contributed by atoms with van der Waals surface area (Å²) in [7, 11) is 0. The molecule has 2 rings (SSSR count). The van der Waals surface area contributed by atoms with Gasteiger partial charge in [-0.05, 0) is 31.9 Å². The minimum absolute atomic E-state index is 0.407. The number of ether oxygens (including phenoxy) is 1. The molecule has 1 aromatic rings. The number of halogens is 1. The first-order valence-electron chi connectivity index (χ1n) is 5.63. The summed E-state index contributed by atoms with van der Waals surface area (Å²) >= 11 is 5.89. The van der Waals surface area contributed by atoms with Gasteiger partial charge >= 0.3 is 0 Å². The summed E-state index contributed by atoms with van der Waals surface area (Å²) < 4.78 is 5.38. The van der Waals surface area contributed by atoms with Crippen LogP contribution in [0.1, 0.15) is 18.9 Å². The van der Waals surface area contributed by atoms with Gasteiger partial charge in [0.25, 0.3) is 0 Å². The molecule has 0 aliphatic carbocycles. The first-order chi connectivity index (χ1) is 7.66. The molecule has 1 N–H and O–H groups in total. The number of pyridine rings is 1. The number of nitrogens with one attached hydrogen (secondary N) is 1. The van der Waals surface area contributed by atoms with Crippen molar-refractivity contribution in [2.45, 2.75) is 26.3 Å². The van der Waals surface area contributed by atoms with E-state index < -0.39 is 0 Å². The van der Waals surface area contributed by atoms with E-state index in [1.165, 1.54) is 0 Å². The minimum atomic E-state index is 0.407. The molecule has 1 aliphatic rings. The predicted octanol–water partition coefficient (Wildman–Crippen LogP) is 2.88. The lowest BCUT2D eigenvalue weighted by Crippen LogP contribution is -2.26. The lowest BCUT2D eigenvalue weighted by atomic mass is 10.0. The fourth-order valence-electron chi connectivity index (χ4n) is 1.96. The van der Waals surface area contributed by atoms with Crippen LogP contribution in [0.3, 0.4) is 0 Å². The average molecular weight is 241 g/mol. The number of aromatic nitrogens is 1. The first kappa shape index (κ1) is 11.7. The van der Waals surface area contributed by atoms with Gasteiger partial charge < -0.3 is 10.1 Å². The molecule has 4 heteroatoms. The largest absolute Gasteiger partial charge is 0.381 e. The Morgan fingerprint density at radius 3 is 3.06 bits per heavy atom. The summed E-state index contributed by atoms with van der Waals surface area (Å²) in [4.78, 5) is 4.13. The third-order valence-electron chi connectivity index (χ3n) is 3.08. The smallest absolute Gasteiger partial charge is 0.132 e. The molecule has 1 aliphatic heterocycles. The van der Waals surface area contributed by atoms with Gasteiger partial charge in [0.05, 0.1) is 18.5 Å². The van der Waals surface area contributed by atoms with Crippen LogP contribution in [0.4, 0.5) is 5.69 Å². The van der Waals surface area contributed by atoms with Gasteiger partial charge in [-0.25, -0.2) is 4.98 Å². The van der Waals surface area contributed by atoms with Crippen molar-refractivity contribution in [3.63, 3.8) is 0 Å². The van der Waals surface area contributed by atoms with Gasteiger partial charge in [0.1, 0.15) is 5.15 Å². The number of rotatable bonds is 3. The Hall–Kier alpha value is -0.800. The van der Waals surface area contributed by atoms with E-state index in [2.05, 4.69) is 17.2 Å². The van der Waals surface area contributed by atoms with Crippen LogP contribution in [0.25, 0.3) is 0 Å². The van der Waals surface area contributed by atoms with E-state index in [1.54, 1.807) is 6.20 Å². The summed E-state index contributed by atoms with van der Waals surface area (Å²) in [6.45, 7) is 5.88. The van der Waals surface area contributed by atoms with Gasteiger partial charge in [0.15, 0.2) is 0 Å². The van der Waals surface area contributed by atoms with Gasteiger partial charge in [-0.1, -0.05) is 11.6 Å². The Kier molecular flexibility index (Phi) is 3.66. The van der Waals surface area contributed by atoms with Gasteiger partial charge in [-0.2, -0.15) is 0 Å². The van der Waals surface area contributed by atoms with E-state index in [0.29, 0.717) is 17.1 Å². The molecule has 0 amide bonds. The molecule has 0 bridgehead atoms. The zero-order valence-corrected chi connectivity index (χ0v) is 10.4. The Balaban J connectivity index is 1.99. The number of aryl methyl sites for hydroxylation is 1. The number of hydrogen-bond donors (Lipinski definition) is 1. The van der Waals surface area contributed by atoms with E-state index in [4.69, 9.17) is 16.3 Å². The molecule has 0 aromatic carbocycles. The maximum absolute atomic E-state index is 5.89. The predicted molar refractivity (Wildman–Crippen MR) is 66.0 cm³/mol. The van der Waals surface area contributed by atoms with Crippen molar-refractivity contribution in [1.29, 1.82) is 0 Å². The Bertz CT molecular complexity index is 364. The molecule has 88 valence electrons. The van der Waals surface area contributed by atoms with Crippen LogP contribution in [0.2, 0.25) is 5.15 Å². The van der Waals surface area contributed by atoms with Gasteiger partial charge in [0, 0.05) is 18.6 Å². The van der Waals surface area contributed by atoms with Crippen molar-refractivity contribution in [3.8, 4) is 0 Å². The lowest BCUT2D eigenvalue weighted by molar-refractivity contribution is 0.183. The number of nitrogens with zero attached hydrogens (tertiary/aromatic N) is 1. The van der Waals surface area contributed by atoms with E-state index in [0.717, 1.165) is 30.9 Å². The molecule has 2 unspecified atom stereocenters. The molecule has 0 radical (unpaired) electrons. The van der Waals surface area contributed by atoms with Crippen molar-refractivity contribution >= 4 is 17.3 Å². The molecular weight excluding hydrogens is 224 g/mol. The number of anilines is 1. The van der Waals surface area contributed by atoms with Crippen LogP contribution in [-0.4, -0.2) is 24.2 Å². The summed E-state index contributed by atoms with van der Waals surface area (Å²) in [6.07, 6.45) is 2.91. The second kappa shape index (κ2) is 5.02. The topological polar surface area (TPSA) is 34.1 Å². The zero-order valence-electron chi connectivity index (χ0n) is 9.66. The minimum Gasteiger partial charge on any atom is -0.381 e. The van der Waals surface area contributed by atoms with Gasteiger partial charge in [-0.15, -0.1) is 0 Å². The molecule has 1 aromatic heterocycles. The second-order valence-corrected chi connectivity index (χ2v) is 4.75. The monoisotopic (exact) mass is 240 g/mol. The maximum atomic E-state index is 5.89. The van der Waals surface area contributed by atoms with Crippen LogP contribution in [0, 0.1) is 12.8 Å². The van der Waals surface area contributed by atoms with E-state index in [9.17, 15) is 0 Å².